The van der Waals surface area contributed by atoms with Gasteiger partial charge in [-0.3, -0.25) is 4.79 Å². The average molecular weight is 211 g/mol. The Morgan fingerprint density at radius 2 is 2.29 bits per heavy atom. The standard InChI is InChI=1S/C10H13NO2S/c1-10(2-4-14-5-3-10)9-11-8(6-12)7-13-9/h6-7H,2-5H2,1H3. The molecule has 1 aliphatic rings. The van der Waals surface area contributed by atoms with Crippen LogP contribution in [0, 0.1) is 0 Å². The minimum Gasteiger partial charge on any atom is -0.448 e. The van der Waals surface area contributed by atoms with E-state index in [2.05, 4.69) is 11.9 Å². The highest BCUT2D eigenvalue weighted by Gasteiger charge is 2.33. The lowest BCUT2D eigenvalue weighted by molar-refractivity contribution is 0.111. The summed E-state index contributed by atoms with van der Waals surface area (Å²) in [7, 11) is 0. The molecule has 1 aromatic rings. The first kappa shape index (κ1) is 9.77. The van der Waals surface area contributed by atoms with E-state index < -0.39 is 0 Å². The van der Waals surface area contributed by atoms with Crippen molar-refractivity contribution in [2.75, 3.05) is 11.5 Å². The molecule has 2 rings (SSSR count). The van der Waals surface area contributed by atoms with E-state index >= 15 is 0 Å². The predicted octanol–water partition coefficient (Wildman–Crippen LogP) is 2.27. The van der Waals surface area contributed by atoms with Crippen LogP contribution in [0.3, 0.4) is 0 Å². The van der Waals surface area contributed by atoms with Crippen molar-refractivity contribution in [2.24, 2.45) is 0 Å². The summed E-state index contributed by atoms with van der Waals surface area (Å²) >= 11 is 1.97. The maximum Gasteiger partial charge on any atom is 0.200 e. The summed E-state index contributed by atoms with van der Waals surface area (Å²) in [6.45, 7) is 2.16. The van der Waals surface area contributed by atoms with Gasteiger partial charge >= 0.3 is 0 Å². The van der Waals surface area contributed by atoms with Crippen LogP contribution in [0.1, 0.15) is 36.1 Å². The number of hydrogen-bond donors (Lipinski definition) is 0. The summed E-state index contributed by atoms with van der Waals surface area (Å²) in [6, 6.07) is 0. The van der Waals surface area contributed by atoms with Gasteiger partial charge in [0.1, 0.15) is 12.0 Å². The van der Waals surface area contributed by atoms with Crippen molar-refractivity contribution in [1.29, 1.82) is 0 Å². The Morgan fingerprint density at radius 3 is 2.86 bits per heavy atom. The van der Waals surface area contributed by atoms with E-state index in [1.807, 2.05) is 11.8 Å². The summed E-state index contributed by atoms with van der Waals surface area (Å²) < 4.78 is 5.35. The molecule has 0 unspecified atom stereocenters. The van der Waals surface area contributed by atoms with E-state index in [-0.39, 0.29) is 5.41 Å². The van der Waals surface area contributed by atoms with Gasteiger partial charge < -0.3 is 4.42 Å². The van der Waals surface area contributed by atoms with Gasteiger partial charge in [0.25, 0.3) is 0 Å². The van der Waals surface area contributed by atoms with Crippen molar-refractivity contribution < 1.29 is 9.21 Å². The van der Waals surface area contributed by atoms with Crippen molar-refractivity contribution in [3.63, 3.8) is 0 Å². The maximum atomic E-state index is 10.5. The van der Waals surface area contributed by atoms with E-state index in [9.17, 15) is 4.79 Å². The lowest BCUT2D eigenvalue weighted by atomic mass is 9.84. The molecule has 76 valence electrons. The Morgan fingerprint density at radius 1 is 1.57 bits per heavy atom. The van der Waals surface area contributed by atoms with E-state index in [1.165, 1.54) is 6.26 Å². The van der Waals surface area contributed by atoms with Crippen LogP contribution < -0.4 is 0 Å². The minimum atomic E-state index is 0.0342. The summed E-state index contributed by atoms with van der Waals surface area (Å²) in [6.07, 6.45) is 4.33. The molecule has 0 atom stereocenters. The van der Waals surface area contributed by atoms with Crippen LogP contribution >= 0.6 is 11.8 Å². The highest BCUT2D eigenvalue weighted by molar-refractivity contribution is 7.99. The zero-order valence-corrected chi connectivity index (χ0v) is 8.97. The number of hydrogen-bond acceptors (Lipinski definition) is 4. The number of aldehydes is 1. The third-order valence-electron chi connectivity index (χ3n) is 2.76. The first-order chi connectivity index (χ1) is 6.74. The van der Waals surface area contributed by atoms with Gasteiger partial charge in [-0.25, -0.2) is 4.98 Å². The van der Waals surface area contributed by atoms with Crippen molar-refractivity contribution in [2.45, 2.75) is 25.2 Å². The van der Waals surface area contributed by atoms with Crippen molar-refractivity contribution in [3.05, 3.63) is 17.8 Å². The van der Waals surface area contributed by atoms with Gasteiger partial charge in [-0.15, -0.1) is 0 Å². The lowest BCUT2D eigenvalue weighted by Crippen LogP contribution is -2.27. The second-order valence-electron chi connectivity index (χ2n) is 3.87. The Kier molecular flexibility index (Phi) is 2.63. The Hall–Kier alpha value is -0.770. The smallest absolute Gasteiger partial charge is 0.200 e. The summed E-state index contributed by atoms with van der Waals surface area (Å²) in [5, 5.41) is 0. The van der Waals surface area contributed by atoms with Crippen LogP contribution in [-0.4, -0.2) is 22.8 Å². The Bertz CT molecular complexity index is 329. The van der Waals surface area contributed by atoms with Gasteiger partial charge in [-0.05, 0) is 24.3 Å². The molecule has 1 aromatic heterocycles. The topological polar surface area (TPSA) is 43.1 Å². The molecular formula is C10H13NO2S. The number of carbonyl (C=O) groups is 1. The zero-order valence-electron chi connectivity index (χ0n) is 8.16. The maximum absolute atomic E-state index is 10.5. The predicted molar refractivity (Wildman–Crippen MR) is 55.8 cm³/mol. The molecule has 4 heteroatoms. The van der Waals surface area contributed by atoms with Gasteiger partial charge in [0.2, 0.25) is 5.89 Å². The third kappa shape index (κ3) is 1.71. The molecule has 1 saturated heterocycles. The molecule has 0 spiro atoms. The normalized spacial score (nSPS) is 20.6. The minimum absolute atomic E-state index is 0.0342. The van der Waals surface area contributed by atoms with Crippen LogP contribution in [0.5, 0.6) is 0 Å². The van der Waals surface area contributed by atoms with E-state index in [0.717, 1.165) is 36.5 Å². The third-order valence-corrected chi connectivity index (χ3v) is 3.74. The van der Waals surface area contributed by atoms with E-state index in [4.69, 9.17) is 4.42 Å². The highest BCUT2D eigenvalue weighted by atomic mass is 32.2. The quantitative estimate of drug-likeness (QED) is 0.704. The monoisotopic (exact) mass is 211 g/mol. The van der Waals surface area contributed by atoms with E-state index in [0.29, 0.717) is 5.69 Å². The van der Waals surface area contributed by atoms with Crippen molar-refractivity contribution >= 4 is 18.0 Å². The largest absolute Gasteiger partial charge is 0.448 e. The first-order valence-electron chi connectivity index (χ1n) is 4.73. The zero-order chi connectivity index (χ0) is 10.0. The molecule has 1 fully saturated rings. The van der Waals surface area contributed by atoms with Gasteiger partial charge in [-0.1, -0.05) is 6.92 Å². The molecule has 0 aliphatic carbocycles. The fraction of sp³-hybridized carbons (Fsp3) is 0.600. The average Bonchev–Trinajstić information content (AvgIpc) is 2.67. The number of rotatable bonds is 2. The Labute approximate surface area is 87.3 Å². The molecule has 0 radical (unpaired) electrons. The number of nitrogens with zero attached hydrogens (tertiary/aromatic N) is 1. The second-order valence-corrected chi connectivity index (χ2v) is 5.09. The second kappa shape index (κ2) is 3.77. The van der Waals surface area contributed by atoms with Crippen molar-refractivity contribution in [3.8, 4) is 0 Å². The fourth-order valence-corrected chi connectivity index (χ4v) is 3.05. The summed E-state index contributed by atoms with van der Waals surface area (Å²) in [5.74, 6) is 3.02. The molecule has 0 N–H and O–H groups in total. The number of aromatic nitrogens is 1. The van der Waals surface area contributed by atoms with Gasteiger partial charge in [-0.2, -0.15) is 11.8 Å². The van der Waals surface area contributed by atoms with Gasteiger partial charge in [0, 0.05) is 5.41 Å². The summed E-state index contributed by atoms with van der Waals surface area (Å²) in [4.78, 5) is 14.7. The molecule has 3 nitrogen and oxygen atoms in total. The summed E-state index contributed by atoms with van der Waals surface area (Å²) in [5.41, 5.74) is 0.437. The van der Waals surface area contributed by atoms with Crippen LogP contribution in [0.4, 0.5) is 0 Å². The first-order valence-corrected chi connectivity index (χ1v) is 5.89. The number of oxazole rings is 1. The Balaban J connectivity index is 2.23. The highest BCUT2D eigenvalue weighted by Crippen LogP contribution is 2.36. The molecule has 1 aliphatic heterocycles. The molecule has 14 heavy (non-hydrogen) atoms. The molecule has 0 aromatic carbocycles. The number of thioether (sulfide) groups is 1. The molecule has 0 bridgehead atoms. The molecule has 0 amide bonds. The van der Waals surface area contributed by atoms with Gasteiger partial charge in [0.15, 0.2) is 6.29 Å². The van der Waals surface area contributed by atoms with Crippen molar-refractivity contribution in [1.82, 2.24) is 4.98 Å². The fourth-order valence-electron chi connectivity index (χ4n) is 1.65. The lowest BCUT2D eigenvalue weighted by Gasteiger charge is -2.29. The molecule has 0 saturated carbocycles. The van der Waals surface area contributed by atoms with Crippen LogP contribution in [0.2, 0.25) is 0 Å². The van der Waals surface area contributed by atoms with Crippen LogP contribution in [0.25, 0.3) is 0 Å². The SMILES string of the molecule is CC1(c2nc(C=O)co2)CCSCC1. The molecule has 2 heterocycles. The van der Waals surface area contributed by atoms with Crippen LogP contribution in [0.15, 0.2) is 10.7 Å². The van der Waals surface area contributed by atoms with Crippen LogP contribution in [-0.2, 0) is 5.41 Å². The molecular weight excluding hydrogens is 198 g/mol. The van der Waals surface area contributed by atoms with E-state index in [1.54, 1.807) is 0 Å². The number of carbonyl (C=O) groups excluding carboxylic acids is 1. The van der Waals surface area contributed by atoms with Gasteiger partial charge in [0.05, 0.1) is 0 Å².